The summed E-state index contributed by atoms with van der Waals surface area (Å²) in [5, 5.41) is 0. The molecule has 0 aliphatic rings. The first-order valence-corrected chi connectivity index (χ1v) is 4.60. The van der Waals surface area contributed by atoms with Gasteiger partial charge in [0.05, 0.1) is 6.10 Å². The Balaban J connectivity index is 2.58. The Morgan fingerprint density at radius 3 is 2.57 bits per heavy atom. The van der Waals surface area contributed by atoms with Gasteiger partial charge in [-0.05, 0) is 12.0 Å². The Morgan fingerprint density at radius 1 is 1.43 bits per heavy atom. The zero-order valence-electron chi connectivity index (χ0n) is 8.27. The maximum absolute atomic E-state index is 10.6. The van der Waals surface area contributed by atoms with E-state index in [1.807, 2.05) is 30.3 Å². The molecule has 1 aromatic carbocycles. The van der Waals surface area contributed by atoms with E-state index in [9.17, 15) is 4.79 Å². The van der Waals surface area contributed by atoms with E-state index in [-0.39, 0.29) is 12.0 Å². The third kappa shape index (κ3) is 3.18. The van der Waals surface area contributed by atoms with Crippen LogP contribution in [0.4, 0.5) is 0 Å². The number of methoxy groups -OCH3 is 1. The molecule has 1 amide bonds. The third-order valence-corrected chi connectivity index (χ3v) is 2.11. The van der Waals surface area contributed by atoms with Crippen molar-refractivity contribution >= 4 is 5.91 Å². The van der Waals surface area contributed by atoms with E-state index in [4.69, 9.17) is 10.5 Å². The van der Waals surface area contributed by atoms with Gasteiger partial charge in [-0.25, -0.2) is 0 Å². The number of rotatable bonds is 5. The van der Waals surface area contributed by atoms with Crippen LogP contribution in [-0.2, 0) is 9.53 Å². The van der Waals surface area contributed by atoms with Crippen molar-refractivity contribution in [1.82, 2.24) is 0 Å². The first-order valence-electron chi connectivity index (χ1n) is 4.60. The molecule has 0 aliphatic heterocycles. The van der Waals surface area contributed by atoms with Gasteiger partial charge in [0, 0.05) is 13.5 Å². The number of hydrogen-bond donors (Lipinski definition) is 1. The molecule has 0 radical (unpaired) electrons. The molecule has 0 saturated heterocycles. The average molecular weight is 193 g/mol. The predicted octanol–water partition coefficient (Wildman–Crippen LogP) is 1.64. The maximum Gasteiger partial charge on any atom is 0.217 e. The highest BCUT2D eigenvalue weighted by molar-refractivity contribution is 5.73. The normalized spacial score (nSPS) is 12.4. The summed E-state index contributed by atoms with van der Waals surface area (Å²) in [5.41, 5.74) is 6.16. The van der Waals surface area contributed by atoms with Gasteiger partial charge in [0.1, 0.15) is 0 Å². The molecule has 1 rings (SSSR count). The summed E-state index contributed by atoms with van der Waals surface area (Å²) in [6.07, 6.45) is 0.951. The van der Waals surface area contributed by atoms with E-state index >= 15 is 0 Å². The molecule has 1 aromatic rings. The second-order valence-electron chi connectivity index (χ2n) is 3.14. The predicted molar refractivity (Wildman–Crippen MR) is 54.6 cm³/mol. The van der Waals surface area contributed by atoms with Gasteiger partial charge in [0.2, 0.25) is 5.91 Å². The van der Waals surface area contributed by atoms with Crippen molar-refractivity contribution in [2.24, 2.45) is 5.73 Å². The van der Waals surface area contributed by atoms with Crippen LogP contribution in [0, 0.1) is 0 Å². The molecule has 3 heteroatoms. The van der Waals surface area contributed by atoms with Gasteiger partial charge < -0.3 is 10.5 Å². The van der Waals surface area contributed by atoms with Crippen LogP contribution in [0.2, 0.25) is 0 Å². The van der Waals surface area contributed by atoms with Crippen molar-refractivity contribution in [3.05, 3.63) is 35.9 Å². The molecule has 1 atom stereocenters. The van der Waals surface area contributed by atoms with Gasteiger partial charge in [-0.2, -0.15) is 0 Å². The van der Waals surface area contributed by atoms with Gasteiger partial charge in [-0.1, -0.05) is 30.3 Å². The quantitative estimate of drug-likeness (QED) is 0.772. The van der Waals surface area contributed by atoms with E-state index in [0.717, 1.165) is 5.56 Å². The Morgan fingerprint density at radius 2 is 2.07 bits per heavy atom. The molecule has 0 bridgehead atoms. The van der Waals surface area contributed by atoms with Gasteiger partial charge >= 0.3 is 0 Å². The summed E-state index contributed by atoms with van der Waals surface area (Å²) < 4.78 is 5.28. The molecule has 0 saturated carbocycles. The lowest BCUT2D eigenvalue weighted by atomic mass is 10.0. The van der Waals surface area contributed by atoms with Crippen LogP contribution in [-0.4, -0.2) is 13.0 Å². The van der Waals surface area contributed by atoms with Gasteiger partial charge in [-0.15, -0.1) is 0 Å². The standard InChI is InChI=1S/C11H15NO2/c1-14-10(7-8-11(12)13)9-5-3-2-4-6-9/h2-6,10H,7-8H2,1H3,(H2,12,13). The summed E-state index contributed by atoms with van der Waals surface area (Å²) in [7, 11) is 1.64. The first kappa shape index (κ1) is 10.7. The van der Waals surface area contributed by atoms with Gasteiger partial charge in [-0.3, -0.25) is 4.79 Å². The van der Waals surface area contributed by atoms with Crippen LogP contribution in [0.1, 0.15) is 24.5 Å². The highest BCUT2D eigenvalue weighted by atomic mass is 16.5. The Bertz CT molecular complexity index is 285. The van der Waals surface area contributed by atoms with Crippen LogP contribution in [0.5, 0.6) is 0 Å². The lowest BCUT2D eigenvalue weighted by Gasteiger charge is -2.14. The zero-order valence-corrected chi connectivity index (χ0v) is 8.27. The largest absolute Gasteiger partial charge is 0.377 e. The van der Waals surface area contributed by atoms with Crippen LogP contribution < -0.4 is 5.73 Å². The number of carbonyl (C=O) groups excluding carboxylic acids is 1. The molecule has 0 spiro atoms. The number of benzene rings is 1. The van der Waals surface area contributed by atoms with Crippen molar-refractivity contribution in [3.8, 4) is 0 Å². The zero-order chi connectivity index (χ0) is 10.4. The van der Waals surface area contributed by atoms with Crippen LogP contribution in [0.15, 0.2) is 30.3 Å². The number of primary amides is 1. The molecule has 0 aliphatic carbocycles. The minimum Gasteiger partial charge on any atom is -0.377 e. The van der Waals surface area contributed by atoms with Crippen molar-refractivity contribution in [2.75, 3.05) is 7.11 Å². The minimum atomic E-state index is -0.289. The highest BCUT2D eigenvalue weighted by Crippen LogP contribution is 2.21. The van der Waals surface area contributed by atoms with Crippen molar-refractivity contribution < 1.29 is 9.53 Å². The number of nitrogens with two attached hydrogens (primary N) is 1. The fourth-order valence-electron chi connectivity index (χ4n) is 1.36. The SMILES string of the molecule is COC(CCC(N)=O)c1ccccc1. The van der Waals surface area contributed by atoms with Gasteiger partial charge in [0.25, 0.3) is 0 Å². The maximum atomic E-state index is 10.6. The fourth-order valence-corrected chi connectivity index (χ4v) is 1.36. The van der Waals surface area contributed by atoms with Crippen molar-refractivity contribution in [3.63, 3.8) is 0 Å². The van der Waals surface area contributed by atoms with E-state index in [0.29, 0.717) is 12.8 Å². The van der Waals surface area contributed by atoms with E-state index in [1.165, 1.54) is 0 Å². The Kier molecular flexibility index (Phi) is 4.13. The van der Waals surface area contributed by atoms with Crippen LogP contribution in [0.3, 0.4) is 0 Å². The molecule has 0 aromatic heterocycles. The molecule has 14 heavy (non-hydrogen) atoms. The number of hydrogen-bond acceptors (Lipinski definition) is 2. The topological polar surface area (TPSA) is 52.3 Å². The fraction of sp³-hybridized carbons (Fsp3) is 0.364. The Hall–Kier alpha value is -1.35. The molecule has 0 fully saturated rings. The molecular formula is C11H15NO2. The van der Waals surface area contributed by atoms with E-state index < -0.39 is 0 Å². The first-order chi connectivity index (χ1) is 6.74. The highest BCUT2D eigenvalue weighted by Gasteiger charge is 2.10. The second-order valence-corrected chi connectivity index (χ2v) is 3.14. The third-order valence-electron chi connectivity index (χ3n) is 2.11. The number of carbonyl (C=O) groups is 1. The lowest BCUT2D eigenvalue weighted by molar-refractivity contribution is -0.118. The van der Waals surface area contributed by atoms with Gasteiger partial charge in [0.15, 0.2) is 0 Å². The van der Waals surface area contributed by atoms with E-state index in [2.05, 4.69) is 0 Å². The Labute approximate surface area is 83.9 Å². The lowest BCUT2D eigenvalue weighted by Crippen LogP contribution is -2.12. The monoisotopic (exact) mass is 193 g/mol. The smallest absolute Gasteiger partial charge is 0.217 e. The molecule has 2 N–H and O–H groups in total. The van der Waals surface area contributed by atoms with E-state index in [1.54, 1.807) is 7.11 Å². The second kappa shape index (κ2) is 5.40. The summed E-state index contributed by atoms with van der Waals surface area (Å²) in [5.74, 6) is -0.289. The minimum absolute atomic E-state index is 0.0382. The van der Waals surface area contributed by atoms with Crippen molar-refractivity contribution in [2.45, 2.75) is 18.9 Å². The average Bonchev–Trinajstić information content (AvgIpc) is 2.20. The summed E-state index contributed by atoms with van der Waals surface area (Å²) in [6, 6.07) is 9.81. The van der Waals surface area contributed by atoms with Crippen LogP contribution in [0.25, 0.3) is 0 Å². The summed E-state index contributed by atoms with van der Waals surface area (Å²) >= 11 is 0. The molecular weight excluding hydrogens is 178 g/mol. The summed E-state index contributed by atoms with van der Waals surface area (Å²) in [4.78, 5) is 10.6. The summed E-state index contributed by atoms with van der Waals surface area (Å²) in [6.45, 7) is 0. The molecule has 3 nitrogen and oxygen atoms in total. The molecule has 1 unspecified atom stereocenters. The number of amides is 1. The molecule has 76 valence electrons. The number of ether oxygens (including phenoxy) is 1. The molecule has 0 heterocycles. The van der Waals surface area contributed by atoms with Crippen LogP contribution >= 0.6 is 0 Å². The van der Waals surface area contributed by atoms with Crippen molar-refractivity contribution in [1.29, 1.82) is 0 Å².